The Morgan fingerprint density at radius 3 is 2.53 bits per heavy atom. The van der Waals surface area contributed by atoms with E-state index in [9.17, 15) is 9.59 Å². The normalized spacial score (nSPS) is 11.3. The van der Waals surface area contributed by atoms with Crippen molar-refractivity contribution in [2.75, 3.05) is 13.2 Å². The summed E-state index contributed by atoms with van der Waals surface area (Å²) in [5.41, 5.74) is 0.555. The van der Waals surface area contributed by atoms with E-state index in [1.807, 2.05) is 49.6 Å². The minimum absolute atomic E-state index is 0.0975. The highest BCUT2D eigenvalue weighted by molar-refractivity contribution is 5.69. The summed E-state index contributed by atoms with van der Waals surface area (Å²) in [5.74, 6) is 2.86. The fourth-order valence-corrected chi connectivity index (χ4v) is 3.43. The van der Waals surface area contributed by atoms with Crippen molar-refractivity contribution < 1.29 is 24.2 Å². The van der Waals surface area contributed by atoms with E-state index in [0.29, 0.717) is 19.5 Å². The van der Waals surface area contributed by atoms with Crippen molar-refractivity contribution in [3.05, 3.63) is 48.0 Å². The third-order valence-corrected chi connectivity index (χ3v) is 4.90. The number of carboxylic acid groups (broad SMARTS) is 1. The summed E-state index contributed by atoms with van der Waals surface area (Å²) in [5, 5.41) is 8.86. The Kier molecular flexibility index (Phi) is 10.6. The predicted octanol–water partition coefficient (Wildman–Crippen LogP) is 3.88. The van der Waals surface area contributed by atoms with E-state index in [1.54, 1.807) is 12.4 Å². The van der Waals surface area contributed by atoms with E-state index in [2.05, 4.69) is 15.8 Å². The van der Waals surface area contributed by atoms with E-state index in [4.69, 9.17) is 21.0 Å². The SMILES string of the molecule is C#CCOc1ccc(CN(CCCCCC(=O)O)Cc2nccn2CC(=O)OC(C)(C)C)cc1. The molecule has 2 aromatic rings. The second-order valence-corrected chi connectivity index (χ2v) is 9.11. The van der Waals surface area contributed by atoms with Crippen LogP contribution in [0.15, 0.2) is 36.7 Å². The monoisotopic (exact) mass is 469 g/mol. The second-order valence-electron chi connectivity index (χ2n) is 9.11. The lowest BCUT2D eigenvalue weighted by atomic mass is 10.1. The Balaban J connectivity index is 2.05. The lowest BCUT2D eigenvalue weighted by Crippen LogP contribution is -2.29. The van der Waals surface area contributed by atoms with Crippen molar-refractivity contribution in [1.82, 2.24) is 14.5 Å². The van der Waals surface area contributed by atoms with Gasteiger partial charge in [0.1, 0.15) is 30.3 Å². The van der Waals surface area contributed by atoms with Crippen molar-refractivity contribution in [2.45, 2.75) is 71.7 Å². The van der Waals surface area contributed by atoms with Crippen LogP contribution >= 0.6 is 0 Å². The molecule has 0 spiro atoms. The zero-order valence-electron chi connectivity index (χ0n) is 20.3. The molecule has 184 valence electrons. The van der Waals surface area contributed by atoms with Gasteiger partial charge < -0.3 is 19.1 Å². The van der Waals surface area contributed by atoms with Crippen LogP contribution in [0.25, 0.3) is 0 Å². The summed E-state index contributed by atoms with van der Waals surface area (Å²) >= 11 is 0. The Morgan fingerprint density at radius 1 is 1.15 bits per heavy atom. The summed E-state index contributed by atoms with van der Waals surface area (Å²) in [6.07, 6.45) is 11.2. The maximum absolute atomic E-state index is 12.3. The van der Waals surface area contributed by atoms with Gasteiger partial charge in [-0.25, -0.2) is 4.98 Å². The largest absolute Gasteiger partial charge is 0.481 e. The number of unbranched alkanes of at least 4 members (excludes halogenated alkanes) is 2. The molecule has 0 saturated carbocycles. The number of rotatable bonds is 14. The van der Waals surface area contributed by atoms with Crippen LogP contribution in [0.2, 0.25) is 0 Å². The zero-order chi connectivity index (χ0) is 25.0. The first kappa shape index (κ1) is 26.9. The van der Waals surface area contributed by atoms with Crippen LogP contribution in [-0.2, 0) is 34.0 Å². The van der Waals surface area contributed by atoms with Gasteiger partial charge in [0.15, 0.2) is 0 Å². The Hall–Kier alpha value is -3.31. The summed E-state index contributed by atoms with van der Waals surface area (Å²) < 4.78 is 12.7. The summed E-state index contributed by atoms with van der Waals surface area (Å²) in [6, 6.07) is 7.77. The van der Waals surface area contributed by atoms with Crippen molar-refractivity contribution >= 4 is 11.9 Å². The molecule has 0 fully saturated rings. The van der Waals surface area contributed by atoms with E-state index in [-0.39, 0.29) is 25.5 Å². The number of hydrogen-bond acceptors (Lipinski definition) is 6. The zero-order valence-corrected chi connectivity index (χ0v) is 20.3. The first-order valence-corrected chi connectivity index (χ1v) is 11.5. The molecule has 0 radical (unpaired) electrons. The number of nitrogens with zero attached hydrogens (tertiary/aromatic N) is 3. The van der Waals surface area contributed by atoms with Crippen LogP contribution in [0.5, 0.6) is 5.75 Å². The number of terminal acetylenes is 1. The van der Waals surface area contributed by atoms with Gasteiger partial charge in [0, 0.05) is 25.4 Å². The molecule has 8 heteroatoms. The molecule has 34 heavy (non-hydrogen) atoms. The second kappa shape index (κ2) is 13.4. The lowest BCUT2D eigenvalue weighted by molar-refractivity contribution is -0.155. The number of imidazole rings is 1. The summed E-state index contributed by atoms with van der Waals surface area (Å²) in [6.45, 7) is 7.84. The smallest absolute Gasteiger partial charge is 0.326 e. The maximum atomic E-state index is 12.3. The average Bonchev–Trinajstić information content (AvgIpc) is 3.17. The van der Waals surface area contributed by atoms with Crippen molar-refractivity contribution in [2.24, 2.45) is 0 Å². The van der Waals surface area contributed by atoms with Crippen LogP contribution in [0.1, 0.15) is 57.8 Å². The van der Waals surface area contributed by atoms with Gasteiger partial charge in [-0.2, -0.15) is 0 Å². The number of carbonyl (C=O) groups is 2. The molecule has 0 aliphatic carbocycles. The van der Waals surface area contributed by atoms with Gasteiger partial charge in [-0.3, -0.25) is 14.5 Å². The number of carbonyl (C=O) groups excluding carboxylic acids is 1. The van der Waals surface area contributed by atoms with E-state index in [1.165, 1.54) is 0 Å². The Labute approximate surface area is 201 Å². The van der Waals surface area contributed by atoms with Gasteiger partial charge in [-0.1, -0.05) is 24.5 Å². The maximum Gasteiger partial charge on any atom is 0.326 e. The van der Waals surface area contributed by atoms with E-state index in [0.717, 1.165) is 36.5 Å². The number of benzene rings is 1. The highest BCUT2D eigenvalue weighted by atomic mass is 16.6. The lowest BCUT2D eigenvalue weighted by Gasteiger charge is -2.23. The number of hydrogen-bond donors (Lipinski definition) is 1. The van der Waals surface area contributed by atoms with Crippen molar-refractivity contribution in [1.29, 1.82) is 0 Å². The average molecular weight is 470 g/mol. The minimum atomic E-state index is -0.770. The molecule has 1 N–H and O–H groups in total. The van der Waals surface area contributed by atoms with Gasteiger partial charge in [-0.15, -0.1) is 6.42 Å². The van der Waals surface area contributed by atoms with Crippen molar-refractivity contribution in [3.63, 3.8) is 0 Å². The predicted molar refractivity (Wildman–Crippen MR) is 129 cm³/mol. The molecule has 1 aromatic heterocycles. The van der Waals surface area contributed by atoms with Gasteiger partial charge in [0.25, 0.3) is 0 Å². The van der Waals surface area contributed by atoms with Crippen molar-refractivity contribution in [3.8, 4) is 18.1 Å². The number of esters is 1. The standard InChI is InChI=1S/C26H35N3O5/c1-5-17-33-22-12-10-21(11-13-22)18-28(15-8-6-7-9-24(30)31)19-23-27-14-16-29(23)20-25(32)34-26(2,3)4/h1,10-14,16H,6-9,15,17-20H2,2-4H3,(H,30,31). The third kappa shape index (κ3) is 10.5. The topological polar surface area (TPSA) is 93.9 Å². The molecule has 1 heterocycles. The number of aliphatic carboxylic acids is 1. The number of aromatic nitrogens is 2. The molecule has 0 aliphatic heterocycles. The first-order valence-electron chi connectivity index (χ1n) is 11.5. The number of carboxylic acids is 1. The molecule has 8 nitrogen and oxygen atoms in total. The quantitative estimate of drug-likeness (QED) is 0.255. The fourth-order valence-electron chi connectivity index (χ4n) is 3.43. The first-order chi connectivity index (χ1) is 16.2. The Morgan fingerprint density at radius 2 is 1.88 bits per heavy atom. The molecular formula is C26H35N3O5. The highest BCUT2D eigenvalue weighted by Crippen LogP contribution is 2.16. The molecule has 0 aliphatic rings. The van der Waals surface area contributed by atoms with E-state index < -0.39 is 11.6 Å². The molecular weight excluding hydrogens is 434 g/mol. The van der Waals surface area contributed by atoms with Crippen LogP contribution < -0.4 is 4.74 Å². The molecule has 1 aromatic carbocycles. The molecule has 0 unspecified atom stereocenters. The molecule has 0 saturated heterocycles. The van der Waals surface area contributed by atoms with Crippen LogP contribution in [0.4, 0.5) is 0 Å². The summed E-state index contributed by atoms with van der Waals surface area (Å²) in [7, 11) is 0. The fraction of sp³-hybridized carbons (Fsp3) is 0.500. The Bertz CT molecular complexity index is 954. The molecule has 0 amide bonds. The molecule has 0 bridgehead atoms. The van der Waals surface area contributed by atoms with Gasteiger partial charge in [0.2, 0.25) is 0 Å². The molecule has 0 atom stereocenters. The van der Waals surface area contributed by atoms with Crippen LogP contribution in [-0.4, -0.2) is 50.2 Å². The minimum Gasteiger partial charge on any atom is -0.481 e. The van der Waals surface area contributed by atoms with Crippen LogP contribution in [0, 0.1) is 12.3 Å². The molecule has 2 rings (SSSR count). The van der Waals surface area contributed by atoms with Gasteiger partial charge in [-0.05, 0) is 57.9 Å². The summed E-state index contributed by atoms with van der Waals surface area (Å²) in [4.78, 5) is 29.8. The van der Waals surface area contributed by atoms with Gasteiger partial charge >= 0.3 is 11.9 Å². The van der Waals surface area contributed by atoms with Gasteiger partial charge in [0.05, 0.1) is 6.54 Å². The van der Waals surface area contributed by atoms with Crippen LogP contribution in [0.3, 0.4) is 0 Å². The number of ether oxygens (including phenoxy) is 2. The van der Waals surface area contributed by atoms with E-state index >= 15 is 0 Å². The third-order valence-electron chi connectivity index (χ3n) is 4.90. The highest BCUT2D eigenvalue weighted by Gasteiger charge is 2.18.